The maximum atomic E-state index is 5.22. The molecule has 1 aromatic carbocycles. The van der Waals surface area contributed by atoms with Gasteiger partial charge >= 0.3 is 0 Å². The smallest absolute Gasteiger partial charge is 0.268 e. The van der Waals surface area contributed by atoms with Gasteiger partial charge < -0.3 is 9.16 Å². The summed E-state index contributed by atoms with van der Waals surface area (Å²) in [6, 6.07) is 4.05. The summed E-state index contributed by atoms with van der Waals surface area (Å²) < 4.78 is 10.3. The number of rotatable bonds is 3. The predicted molar refractivity (Wildman–Crippen MR) is 54.9 cm³/mol. The molecule has 0 saturated heterocycles. The van der Waals surface area contributed by atoms with Crippen LogP contribution in [-0.2, 0) is 4.43 Å². The molecule has 0 atom stereocenters. The molecular formula is C10H14O2Si. The summed E-state index contributed by atoms with van der Waals surface area (Å²) in [6.07, 6.45) is 0. The fraction of sp³-hybridized carbons (Fsp3) is 0.400. The first-order chi connectivity index (χ1) is 6.20. The quantitative estimate of drug-likeness (QED) is 0.673. The number of benzene rings is 1. The Morgan fingerprint density at radius 2 is 1.77 bits per heavy atom. The second-order valence-electron chi connectivity index (χ2n) is 2.87. The summed E-state index contributed by atoms with van der Waals surface area (Å²) in [5.41, 5.74) is 2.46. The van der Waals surface area contributed by atoms with E-state index in [2.05, 4.69) is 19.9 Å². The van der Waals surface area contributed by atoms with Gasteiger partial charge in [0.15, 0.2) is 0 Å². The molecule has 0 N–H and O–H groups in total. The first-order valence-electron chi connectivity index (χ1n) is 4.14. The lowest BCUT2D eigenvalue weighted by molar-refractivity contribution is 0.411. The molecule has 0 unspecified atom stereocenters. The van der Waals surface area contributed by atoms with E-state index < -0.39 is 0 Å². The Labute approximate surface area is 81.8 Å². The van der Waals surface area contributed by atoms with E-state index in [4.69, 9.17) is 9.16 Å². The first-order valence-corrected chi connectivity index (χ1v) is 5.04. The van der Waals surface area contributed by atoms with Crippen molar-refractivity contribution < 1.29 is 9.16 Å². The zero-order valence-electron chi connectivity index (χ0n) is 8.47. The molecule has 0 amide bonds. The van der Waals surface area contributed by atoms with Gasteiger partial charge in [0.25, 0.3) is 9.76 Å². The molecule has 0 bridgehead atoms. The molecule has 3 heteroatoms. The lowest BCUT2D eigenvalue weighted by Crippen LogP contribution is -2.20. The van der Waals surface area contributed by atoms with E-state index in [9.17, 15) is 0 Å². The van der Waals surface area contributed by atoms with Crippen LogP contribution in [0.15, 0.2) is 12.1 Å². The van der Waals surface area contributed by atoms with Crippen LogP contribution in [0, 0.1) is 13.8 Å². The molecule has 70 valence electrons. The number of hydrogen-bond acceptors (Lipinski definition) is 2. The highest BCUT2D eigenvalue weighted by Gasteiger charge is 2.06. The maximum Gasteiger partial charge on any atom is 0.268 e. The summed E-state index contributed by atoms with van der Waals surface area (Å²) >= 11 is 0. The molecule has 1 aromatic rings. The van der Waals surface area contributed by atoms with Crippen LogP contribution in [0.5, 0.6) is 5.75 Å². The Morgan fingerprint density at radius 3 is 2.31 bits per heavy atom. The van der Waals surface area contributed by atoms with E-state index >= 15 is 0 Å². The maximum absolute atomic E-state index is 5.22. The fourth-order valence-electron chi connectivity index (χ4n) is 1.24. The van der Waals surface area contributed by atoms with Crippen molar-refractivity contribution in [2.45, 2.75) is 13.8 Å². The number of hydrogen-bond donors (Lipinski definition) is 0. The van der Waals surface area contributed by atoms with Crippen molar-refractivity contribution in [2.24, 2.45) is 0 Å². The average molecular weight is 194 g/mol. The molecule has 0 aromatic heterocycles. The van der Waals surface area contributed by atoms with Gasteiger partial charge in [0.2, 0.25) is 0 Å². The molecule has 0 fully saturated rings. The van der Waals surface area contributed by atoms with Crippen molar-refractivity contribution in [3.8, 4) is 5.75 Å². The highest BCUT2D eigenvalue weighted by molar-refractivity contribution is 6.47. The number of ether oxygens (including phenoxy) is 1. The molecule has 0 aliphatic rings. The Hall–Kier alpha value is -0.803. The summed E-state index contributed by atoms with van der Waals surface area (Å²) in [5, 5.41) is 1.25. The fourth-order valence-corrected chi connectivity index (χ4v) is 1.95. The molecule has 1 rings (SSSR count). The number of methoxy groups -OCH3 is 1. The van der Waals surface area contributed by atoms with Gasteiger partial charge in [-0.3, -0.25) is 0 Å². The zero-order valence-corrected chi connectivity index (χ0v) is 9.47. The normalized spacial score (nSPS) is 10.2. The van der Waals surface area contributed by atoms with E-state index in [0.29, 0.717) is 9.76 Å². The van der Waals surface area contributed by atoms with Crippen molar-refractivity contribution >= 4 is 14.9 Å². The molecule has 2 radical (unpaired) electrons. The lowest BCUT2D eigenvalue weighted by Gasteiger charge is -2.10. The monoisotopic (exact) mass is 194 g/mol. The van der Waals surface area contributed by atoms with Crippen molar-refractivity contribution in [1.82, 2.24) is 0 Å². The largest absolute Gasteiger partial charge is 0.496 e. The van der Waals surface area contributed by atoms with E-state index in [0.717, 1.165) is 5.75 Å². The average Bonchev–Trinajstić information content (AvgIpc) is 2.14. The standard InChI is InChI=1S/C10H14O2Si/c1-7-8(2)10(13-12-4)6-5-9(7)11-3/h5-6H,1-4H3. The van der Waals surface area contributed by atoms with Crippen LogP contribution in [0.4, 0.5) is 0 Å². The minimum absolute atomic E-state index is 0.425. The van der Waals surface area contributed by atoms with Gasteiger partial charge in [-0.05, 0) is 36.2 Å². The highest BCUT2D eigenvalue weighted by atomic mass is 28.2. The van der Waals surface area contributed by atoms with Crippen molar-refractivity contribution in [2.75, 3.05) is 14.2 Å². The topological polar surface area (TPSA) is 18.5 Å². The van der Waals surface area contributed by atoms with E-state index in [1.54, 1.807) is 14.2 Å². The third-order valence-corrected chi connectivity index (χ3v) is 3.14. The highest BCUT2D eigenvalue weighted by Crippen LogP contribution is 2.18. The lowest BCUT2D eigenvalue weighted by atomic mass is 10.1. The minimum atomic E-state index is 0.425. The zero-order chi connectivity index (χ0) is 9.84. The summed E-state index contributed by atoms with van der Waals surface area (Å²) in [6.45, 7) is 4.16. The van der Waals surface area contributed by atoms with Crippen LogP contribution in [0.2, 0.25) is 0 Å². The predicted octanol–water partition coefficient (Wildman–Crippen LogP) is 1.20. The second kappa shape index (κ2) is 4.44. The van der Waals surface area contributed by atoms with Gasteiger partial charge in [0, 0.05) is 7.11 Å². The molecule has 0 heterocycles. The van der Waals surface area contributed by atoms with Gasteiger partial charge in [0.05, 0.1) is 7.11 Å². The van der Waals surface area contributed by atoms with Crippen LogP contribution in [0.3, 0.4) is 0 Å². The summed E-state index contributed by atoms with van der Waals surface area (Å²) in [5.74, 6) is 0.946. The molecule has 13 heavy (non-hydrogen) atoms. The Morgan fingerprint density at radius 1 is 1.08 bits per heavy atom. The van der Waals surface area contributed by atoms with E-state index in [1.165, 1.54) is 16.3 Å². The Bertz CT molecular complexity index is 297. The van der Waals surface area contributed by atoms with Crippen molar-refractivity contribution in [1.29, 1.82) is 0 Å². The van der Waals surface area contributed by atoms with Crippen LogP contribution < -0.4 is 9.92 Å². The van der Waals surface area contributed by atoms with Crippen LogP contribution in [0.1, 0.15) is 11.1 Å². The molecule has 2 nitrogen and oxygen atoms in total. The van der Waals surface area contributed by atoms with Gasteiger partial charge in [-0.2, -0.15) is 0 Å². The van der Waals surface area contributed by atoms with Crippen LogP contribution in [0.25, 0.3) is 0 Å². The summed E-state index contributed by atoms with van der Waals surface area (Å²) in [7, 11) is 3.84. The van der Waals surface area contributed by atoms with Crippen LogP contribution in [-0.4, -0.2) is 24.0 Å². The van der Waals surface area contributed by atoms with Gasteiger partial charge in [0.1, 0.15) is 5.75 Å². The van der Waals surface area contributed by atoms with Gasteiger partial charge in [-0.25, -0.2) is 0 Å². The van der Waals surface area contributed by atoms with Gasteiger partial charge in [-0.1, -0.05) is 6.07 Å². The molecule has 0 saturated carbocycles. The Kier molecular flexibility index (Phi) is 3.51. The Balaban J connectivity index is 3.07. The second-order valence-corrected chi connectivity index (χ2v) is 4.02. The third kappa shape index (κ3) is 2.11. The molecule has 0 spiro atoms. The van der Waals surface area contributed by atoms with E-state index in [-0.39, 0.29) is 0 Å². The van der Waals surface area contributed by atoms with Crippen molar-refractivity contribution in [3.63, 3.8) is 0 Å². The third-order valence-electron chi connectivity index (χ3n) is 2.17. The SMILES string of the molecule is CO[Si]c1ccc(OC)c(C)c1C. The first kappa shape index (κ1) is 10.3. The van der Waals surface area contributed by atoms with E-state index in [1.807, 2.05) is 6.07 Å². The van der Waals surface area contributed by atoms with Crippen molar-refractivity contribution in [3.05, 3.63) is 23.3 Å². The molecule has 0 aliphatic heterocycles. The van der Waals surface area contributed by atoms with Crippen LogP contribution >= 0.6 is 0 Å². The minimum Gasteiger partial charge on any atom is -0.496 e. The van der Waals surface area contributed by atoms with Gasteiger partial charge in [-0.15, -0.1) is 0 Å². The molecular weight excluding hydrogens is 180 g/mol. The molecule has 0 aliphatic carbocycles. The summed E-state index contributed by atoms with van der Waals surface area (Å²) in [4.78, 5) is 0.